The maximum atomic E-state index is 10.4. The molecule has 0 amide bonds. The van der Waals surface area contributed by atoms with Crippen LogP contribution >= 0.6 is 0 Å². The zero-order valence-corrected chi connectivity index (χ0v) is 14.8. The molecule has 9 heteroatoms. The molecule has 1 aliphatic heterocycles. The normalized spacial score (nSPS) is 15.9. The Kier molecular flexibility index (Phi) is 12.7. The van der Waals surface area contributed by atoms with Crippen molar-refractivity contribution in [2.75, 3.05) is 39.6 Å². The predicted octanol–water partition coefficient (Wildman–Crippen LogP) is -1.56. The van der Waals surface area contributed by atoms with Crippen LogP contribution in [-0.2, 0) is 29.1 Å². The van der Waals surface area contributed by atoms with E-state index in [-0.39, 0.29) is 23.8 Å². The summed E-state index contributed by atoms with van der Waals surface area (Å²) < 4.78 is 51.6. The van der Waals surface area contributed by atoms with Crippen LogP contribution in [-0.4, -0.2) is 52.6 Å². The summed E-state index contributed by atoms with van der Waals surface area (Å²) in [6, 6.07) is 5.78. The third-order valence-electron chi connectivity index (χ3n) is 2.62. The zero-order valence-electron chi connectivity index (χ0n) is 14.0. The maximum absolute atomic E-state index is 10.4. The fourth-order valence-electron chi connectivity index (χ4n) is 1.46. The predicted molar refractivity (Wildman–Crippen MR) is 81.8 cm³/mol. The van der Waals surface area contributed by atoms with E-state index in [9.17, 15) is 13.0 Å². The Balaban J connectivity index is 0.000000425. The molecule has 2 rings (SSSR count). The van der Waals surface area contributed by atoms with Gasteiger partial charge in [-0.2, -0.15) is 0 Å². The number of hydrogen-bond donors (Lipinski definition) is 0. The van der Waals surface area contributed by atoms with Gasteiger partial charge >= 0.3 is 18.9 Å². The molecule has 0 aliphatic carbocycles. The van der Waals surface area contributed by atoms with Crippen molar-refractivity contribution < 1.29 is 50.8 Å². The van der Waals surface area contributed by atoms with Gasteiger partial charge in [0.25, 0.3) is 0 Å². The van der Waals surface area contributed by atoms with Crippen LogP contribution in [0.2, 0.25) is 0 Å². The van der Waals surface area contributed by atoms with Gasteiger partial charge in [0.05, 0.1) is 31.3 Å². The first-order valence-electron chi connectivity index (χ1n) is 7.06. The quantitative estimate of drug-likeness (QED) is 0.446. The van der Waals surface area contributed by atoms with E-state index >= 15 is 0 Å². The van der Waals surface area contributed by atoms with E-state index in [1.807, 2.05) is 6.92 Å². The second-order valence-electron chi connectivity index (χ2n) is 4.51. The molecule has 0 bridgehead atoms. The molecule has 0 saturated carbocycles. The Bertz CT molecular complexity index is 544. The molecule has 7 nitrogen and oxygen atoms in total. The van der Waals surface area contributed by atoms with Gasteiger partial charge in [-0.05, 0) is 19.1 Å². The molecule has 0 atom stereocenters. The third-order valence-corrected chi connectivity index (χ3v) is 3.47. The van der Waals surface area contributed by atoms with E-state index in [0.29, 0.717) is 39.6 Å². The van der Waals surface area contributed by atoms with E-state index in [1.54, 1.807) is 12.1 Å². The molecule has 0 saturated heterocycles. The maximum Gasteiger partial charge on any atom is 1.00 e. The molecule has 1 aliphatic rings. The summed E-state index contributed by atoms with van der Waals surface area (Å²) in [7, 11) is -4.27. The average Bonchev–Trinajstić information content (AvgIpc) is 2.48. The monoisotopic (exact) mass is 352 g/mol. The van der Waals surface area contributed by atoms with Gasteiger partial charge < -0.3 is 23.5 Å². The fourth-order valence-corrected chi connectivity index (χ4v) is 1.93. The van der Waals surface area contributed by atoms with Crippen LogP contribution in [0.5, 0.6) is 0 Å². The Morgan fingerprint density at radius 1 is 0.833 bits per heavy atom. The average molecular weight is 352 g/mol. The largest absolute Gasteiger partial charge is 1.00 e. The smallest absolute Gasteiger partial charge is 0.744 e. The first-order chi connectivity index (χ1) is 11.0. The van der Waals surface area contributed by atoms with Crippen LogP contribution in [0.25, 0.3) is 0 Å². The fraction of sp³-hybridized carbons (Fsp3) is 0.467. The van der Waals surface area contributed by atoms with E-state index in [1.165, 1.54) is 24.7 Å². The van der Waals surface area contributed by atoms with Crippen molar-refractivity contribution in [2.45, 2.75) is 11.8 Å². The second-order valence-corrected chi connectivity index (χ2v) is 5.89. The van der Waals surface area contributed by atoms with E-state index in [0.717, 1.165) is 5.56 Å². The molecular formula is C15H21LiO7S. The second kappa shape index (κ2) is 13.3. The van der Waals surface area contributed by atoms with E-state index < -0.39 is 10.1 Å². The van der Waals surface area contributed by atoms with Gasteiger partial charge in [-0.25, -0.2) is 8.42 Å². The van der Waals surface area contributed by atoms with Gasteiger partial charge in [0.15, 0.2) is 0 Å². The standard InChI is InChI=1S/C8H14O4.C7H8O3S.Li/c1-2-10-5-6-12-8-7-11-4-3-9-1;1-6-2-4-7(5-3-6)11(8,9)10;/h1-2H,3-8H2;2-5H,1H3,(H,8,9,10);/q;;+1/p-1. The topological polar surface area (TPSA) is 94.1 Å². The summed E-state index contributed by atoms with van der Waals surface area (Å²) in [5, 5.41) is 0. The van der Waals surface area contributed by atoms with Crippen LogP contribution in [0.15, 0.2) is 41.7 Å². The summed E-state index contributed by atoms with van der Waals surface area (Å²) in [6.45, 7) is 5.35. The van der Waals surface area contributed by atoms with Crippen molar-refractivity contribution in [1.82, 2.24) is 0 Å². The van der Waals surface area contributed by atoms with Gasteiger partial charge in [-0.1, -0.05) is 17.7 Å². The van der Waals surface area contributed by atoms with Gasteiger partial charge in [0, 0.05) is 0 Å². The van der Waals surface area contributed by atoms with E-state index in [4.69, 9.17) is 18.9 Å². The molecule has 0 N–H and O–H groups in total. The summed E-state index contributed by atoms with van der Waals surface area (Å²) in [5.74, 6) is 0. The van der Waals surface area contributed by atoms with Crippen molar-refractivity contribution in [3.05, 3.63) is 42.4 Å². The minimum Gasteiger partial charge on any atom is -0.744 e. The molecule has 0 unspecified atom stereocenters. The Morgan fingerprint density at radius 2 is 1.25 bits per heavy atom. The van der Waals surface area contributed by atoms with E-state index in [2.05, 4.69) is 0 Å². The van der Waals surface area contributed by atoms with Gasteiger partial charge in [0.2, 0.25) is 0 Å². The van der Waals surface area contributed by atoms with Crippen molar-refractivity contribution in [2.24, 2.45) is 0 Å². The minimum atomic E-state index is -4.27. The molecule has 0 spiro atoms. The van der Waals surface area contributed by atoms with Gasteiger partial charge in [0.1, 0.15) is 35.9 Å². The minimum absolute atomic E-state index is 0. The first-order valence-corrected chi connectivity index (χ1v) is 8.47. The van der Waals surface area contributed by atoms with Crippen molar-refractivity contribution in [1.29, 1.82) is 0 Å². The van der Waals surface area contributed by atoms with Crippen molar-refractivity contribution in [3.8, 4) is 0 Å². The summed E-state index contributed by atoms with van der Waals surface area (Å²) in [4.78, 5) is -0.178. The molecular weight excluding hydrogens is 331 g/mol. The third kappa shape index (κ3) is 11.5. The molecule has 1 heterocycles. The van der Waals surface area contributed by atoms with Gasteiger partial charge in [-0.15, -0.1) is 0 Å². The number of hydrogen-bond acceptors (Lipinski definition) is 7. The molecule has 0 fully saturated rings. The summed E-state index contributed by atoms with van der Waals surface area (Å²) in [5.41, 5.74) is 0.928. The van der Waals surface area contributed by atoms with Crippen LogP contribution < -0.4 is 18.9 Å². The molecule has 24 heavy (non-hydrogen) atoms. The van der Waals surface area contributed by atoms with Crippen molar-refractivity contribution in [3.63, 3.8) is 0 Å². The summed E-state index contributed by atoms with van der Waals surface area (Å²) in [6.07, 6.45) is 3.04. The number of ether oxygens (including phenoxy) is 4. The SMILES string of the molecule is C1=COCCOCCOCCO1.Cc1ccc(S(=O)(=O)[O-])cc1.[Li+]. The van der Waals surface area contributed by atoms with Crippen LogP contribution in [0.3, 0.4) is 0 Å². The van der Waals surface area contributed by atoms with Crippen LogP contribution in [0.4, 0.5) is 0 Å². The first kappa shape index (κ1) is 23.0. The molecule has 1 aromatic rings. The molecule has 0 radical (unpaired) electrons. The number of benzene rings is 1. The Hall–Kier alpha value is -1.01. The Morgan fingerprint density at radius 3 is 1.67 bits per heavy atom. The summed E-state index contributed by atoms with van der Waals surface area (Å²) >= 11 is 0. The molecule has 130 valence electrons. The van der Waals surface area contributed by atoms with Gasteiger partial charge in [-0.3, -0.25) is 0 Å². The Labute approximate surface area is 154 Å². The van der Waals surface area contributed by atoms with Crippen molar-refractivity contribution >= 4 is 10.1 Å². The zero-order chi connectivity index (χ0) is 17.0. The number of rotatable bonds is 1. The number of aryl methyl sites for hydroxylation is 1. The van der Waals surface area contributed by atoms with Crippen LogP contribution in [0, 0.1) is 6.92 Å². The molecule has 0 aromatic heterocycles. The van der Waals surface area contributed by atoms with Crippen LogP contribution in [0.1, 0.15) is 5.56 Å². The molecule has 1 aromatic carbocycles.